The molecule has 0 aromatic carbocycles. The summed E-state index contributed by atoms with van der Waals surface area (Å²) in [6, 6.07) is 1.45. The fraction of sp³-hybridized carbons (Fsp3) is 0.600. The molecule has 0 amide bonds. The maximum atomic E-state index is 11.9. The molecule has 19 heavy (non-hydrogen) atoms. The number of nitrogens with two attached hydrogens (primary N) is 1. The molecule has 0 unspecified atom stereocenters. The minimum Gasteiger partial charge on any atom is -0.326 e. The molecule has 110 valence electrons. The van der Waals surface area contributed by atoms with E-state index in [1.165, 1.54) is 17.4 Å². The maximum absolute atomic E-state index is 11.9. The van der Waals surface area contributed by atoms with Crippen molar-refractivity contribution in [3.05, 3.63) is 15.8 Å². The van der Waals surface area contributed by atoms with Gasteiger partial charge in [-0.2, -0.15) is 13.2 Å². The molecular formula is C10H15F3N2O2S2. The van der Waals surface area contributed by atoms with Crippen molar-refractivity contribution in [2.75, 3.05) is 6.54 Å². The number of sulfonamides is 1. The molecule has 0 radical (unpaired) electrons. The lowest BCUT2D eigenvalue weighted by Crippen LogP contribution is -2.26. The van der Waals surface area contributed by atoms with Crippen LogP contribution >= 0.6 is 11.3 Å². The van der Waals surface area contributed by atoms with Crippen LogP contribution in [0.3, 0.4) is 0 Å². The number of thiophene rings is 1. The molecule has 1 aromatic rings. The molecule has 1 heterocycles. The molecule has 1 rings (SSSR count). The number of aryl methyl sites for hydroxylation is 1. The molecule has 0 aliphatic rings. The van der Waals surface area contributed by atoms with Crippen LogP contribution < -0.4 is 10.5 Å². The van der Waals surface area contributed by atoms with Gasteiger partial charge in [0.25, 0.3) is 0 Å². The summed E-state index contributed by atoms with van der Waals surface area (Å²) in [5, 5.41) is 0. The second kappa shape index (κ2) is 6.21. The van der Waals surface area contributed by atoms with Crippen molar-refractivity contribution in [2.24, 2.45) is 5.73 Å². The third-order valence-corrected chi connectivity index (χ3v) is 5.13. The fourth-order valence-corrected chi connectivity index (χ4v) is 4.05. The zero-order chi connectivity index (χ0) is 14.7. The van der Waals surface area contributed by atoms with Crippen LogP contribution in [0.5, 0.6) is 0 Å². The highest BCUT2D eigenvalue weighted by Crippen LogP contribution is 2.25. The van der Waals surface area contributed by atoms with Crippen LogP contribution in [0.2, 0.25) is 0 Å². The molecule has 4 nitrogen and oxygen atoms in total. The van der Waals surface area contributed by atoms with Crippen LogP contribution in [0.1, 0.15) is 22.6 Å². The number of alkyl halides is 3. The lowest BCUT2D eigenvalue weighted by Gasteiger charge is -2.08. The second-order valence-corrected chi connectivity index (χ2v) is 7.03. The van der Waals surface area contributed by atoms with Gasteiger partial charge >= 0.3 is 6.18 Å². The van der Waals surface area contributed by atoms with Crippen LogP contribution in [0.25, 0.3) is 0 Å². The molecular weight excluding hydrogens is 301 g/mol. The molecule has 9 heteroatoms. The van der Waals surface area contributed by atoms with E-state index in [-0.39, 0.29) is 24.4 Å². The van der Waals surface area contributed by atoms with Gasteiger partial charge in [0.2, 0.25) is 10.0 Å². The van der Waals surface area contributed by atoms with Gasteiger partial charge in [-0.3, -0.25) is 0 Å². The molecule has 0 aliphatic heterocycles. The van der Waals surface area contributed by atoms with Crippen LogP contribution in [-0.2, 0) is 16.6 Å². The van der Waals surface area contributed by atoms with Crippen molar-refractivity contribution < 1.29 is 21.6 Å². The zero-order valence-corrected chi connectivity index (χ0v) is 11.9. The van der Waals surface area contributed by atoms with Gasteiger partial charge < -0.3 is 5.73 Å². The van der Waals surface area contributed by atoms with Crippen LogP contribution in [-0.4, -0.2) is 21.1 Å². The smallest absolute Gasteiger partial charge is 0.326 e. The molecule has 0 bridgehead atoms. The summed E-state index contributed by atoms with van der Waals surface area (Å²) in [5.74, 6) is 0. The number of halogens is 3. The summed E-state index contributed by atoms with van der Waals surface area (Å²) in [5.41, 5.74) is 5.42. The first-order valence-corrected chi connectivity index (χ1v) is 7.81. The van der Waals surface area contributed by atoms with Crippen molar-refractivity contribution in [3.63, 3.8) is 0 Å². The Hall–Kier alpha value is -0.640. The Kier molecular flexibility index (Phi) is 5.36. The molecule has 0 saturated carbocycles. The Morgan fingerprint density at radius 2 is 2.05 bits per heavy atom. The van der Waals surface area contributed by atoms with E-state index in [1.807, 2.05) is 0 Å². The summed E-state index contributed by atoms with van der Waals surface area (Å²) in [4.78, 5) is 1.38. The predicted octanol–water partition coefficient (Wildman–Crippen LogP) is 2.14. The third kappa shape index (κ3) is 5.09. The molecule has 3 N–H and O–H groups in total. The van der Waals surface area contributed by atoms with E-state index in [9.17, 15) is 21.6 Å². The van der Waals surface area contributed by atoms with E-state index >= 15 is 0 Å². The molecule has 1 aromatic heterocycles. The number of hydrogen-bond acceptors (Lipinski definition) is 4. The Labute approximate surface area is 113 Å². The molecule has 0 fully saturated rings. The van der Waals surface area contributed by atoms with Crippen molar-refractivity contribution in [1.29, 1.82) is 0 Å². The van der Waals surface area contributed by atoms with Crippen LogP contribution in [0.15, 0.2) is 11.0 Å². The van der Waals surface area contributed by atoms with Gasteiger partial charge in [0.1, 0.15) is 0 Å². The molecule has 0 aliphatic carbocycles. The first-order valence-electron chi connectivity index (χ1n) is 5.51. The Morgan fingerprint density at radius 3 is 2.53 bits per heavy atom. The first kappa shape index (κ1) is 16.4. The van der Waals surface area contributed by atoms with Gasteiger partial charge in [0, 0.05) is 29.3 Å². The summed E-state index contributed by atoms with van der Waals surface area (Å²) >= 11 is 1.26. The van der Waals surface area contributed by atoms with Crippen molar-refractivity contribution in [3.8, 4) is 0 Å². The van der Waals surface area contributed by atoms with E-state index in [0.717, 1.165) is 0 Å². The van der Waals surface area contributed by atoms with Gasteiger partial charge in [-0.05, 0) is 19.4 Å². The van der Waals surface area contributed by atoms with Crippen molar-refractivity contribution >= 4 is 21.4 Å². The first-order chi connectivity index (χ1) is 8.65. The van der Waals surface area contributed by atoms with Crippen LogP contribution in [0.4, 0.5) is 13.2 Å². The monoisotopic (exact) mass is 316 g/mol. The largest absolute Gasteiger partial charge is 0.389 e. The van der Waals surface area contributed by atoms with Gasteiger partial charge in [-0.15, -0.1) is 11.3 Å². The van der Waals surface area contributed by atoms with Gasteiger partial charge in [0.05, 0.1) is 4.90 Å². The van der Waals surface area contributed by atoms with E-state index in [0.29, 0.717) is 9.75 Å². The summed E-state index contributed by atoms with van der Waals surface area (Å²) in [6.45, 7) is 1.62. The molecule has 0 atom stereocenters. The zero-order valence-electron chi connectivity index (χ0n) is 10.3. The number of hydrogen-bond donors (Lipinski definition) is 2. The lowest BCUT2D eigenvalue weighted by molar-refractivity contribution is -0.135. The van der Waals surface area contributed by atoms with Gasteiger partial charge in [-0.1, -0.05) is 0 Å². The highest BCUT2D eigenvalue weighted by atomic mass is 32.2. The fourth-order valence-electron chi connectivity index (χ4n) is 1.46. The predicted molar refractivity (Wildman–Crippen MR) is 67.4 cm³/mol. The topological polar surface area (TPSA) is 72.2 Å². The minimum absolute atomic E-state index is 0.0879. The highest BCUT2D eigenvalue weighted by molar-refractivity contribution is 7.89. The van der Waals surface area contributed by atoms with E-state index in [4.69, 9.17) is 5.73 Å². The van der Waals surface area contributed by atoms with Crippen molar-refractivity contribution in [1.82, 2.24) is 4.72 Å². The van der Waals surface area contributed by atoms with E-state index in [1.54, 1.807) is 6.92 Å². The normalized spacial score (nSPS) is 12.9. The Balaban J connectivity index is 2.63. The summed E-state index contributed by atoms with van der Waals surface area (Å²) in [7, 11) is -3.76. The average molecular weight is 316 g/mol. The SMILES string of the molecule is Cc1sc(CN)cc1S(=O)(=O)NCCCC(F)(F)F. The second-order valence-electron chi connectivity index (χ2n) is 3.95. The number of nitrogens with one attached hydrogen (secondary N) is 1. The Bertz CT molecular complexity index is 523. The van der Waals surface area contributed by atoms with Gasteiger partial charge in [-0.25, -0.2) is 13.1 Å². The van der Waals surface area contributed by atoms with Gasteiger partial charge in [0.15, 0.2) is 0 Å². The number of rotatable bonds is 6. The molecule has 0 spiro atoms. The minimum atomic E-state index is -4.27. The summed E-state index contributed by atoms with van der Waals surface area (Å²) < 4.78 is 61.7. The lowest BCUT2D eigenvalue weighted by atomic mass is 10.3. The quantitative estimate of drug-likeness (QED) is 0.790. The third-order valence-electron chi connectivity index (χ3n) is 2.34. The van der Waals surface area contributed by atoms with Crippen molar-refractivity contribution in [2.45, 2.75) is 37.4 Å². The standard InChI is InChI=1S/C10H15F3N2O2S2/c1-7-9(5-8(6-14)18-7)19(16,17)15-4-2-3-10(11,12)13/h5,15H,2-4,6,14H2,1H3. The van der Waals surface area contributed by atoms with E-state index in [2.05, 4.69) is 4.72 Å². The average Bonchev–Trinajstić information content (AvgIpc) is 2.66. The molecule has 0 saturated heterocycles. The Morgan fingerprint density at radius 1 is 1.42 bits per heavy atom. The van der Waals surface area contributed by atoms with Crippen LogP contribution in [0, 0.1) is 6.92 Å². The van der Waals surface area contributed by atoms with E-state index < -0.39 is 22.6 Å². The highest BCUT2D eigenvalue weighted by Gasteiger charge is 2.26. The maximum Gasteiger partial charge on any atom is 0.389 e. The summed E-state index contributed by atoms with van der Waals surface area (Å²) in [6.07, 6.45) is -5.56.